The predicted molar refractivity (Wildman–Crippen MR) is 205 cm³/mol. The van der Waals surface area contributed by atoms with Crippen molar-refractivity contribution >= 4 is 19.5 Å². The van der Waals surface area contributed by atoms with Crippen LogP contribution in [0.4, 0.5) is 0 Å². The van der Waals surface area contributed by atoms with Crippen LogP contribution in [0.3, 0.4) is 0 Å². The fraction of sp³-hybridized carbons (Fsp3) is 0.949. The van der Waals surface area contributed by atoms with Gasteiger partial charge in [0.15, 0.2) is 6.10 Å². The molecule has 0 aliphatic carbocycles. The zero-order chi connectivity index (χ0) is 37.0. The molecule has 4 N–H and O–H groups in total. The predicted octanol–water partition coefficient (Wildman–Crippen LogP) is 9.69. The van der Waals surface area contributed by atoms with Crippen LogP contribution in [0, 0.1) is 0 Å². The number of carbonyl (C=O) groups is 2. The molecule has 0 saturated carbocycles. The molecule has 0 spiro atoms. The number of aliphatic hydroxyl groups excluding tert-OH is 1. The summed E-state index contributed by atoms with van der Waals surface area (Å²) < 4.78 is 29.8. The normalized spacial score (nSPS) is 13.9. The van der Waals surface area contributed by atoms with Gasteiger partial charge in [-0.05, 0) is 32.1 Å². The Hall–Kier alpha value is -1.03. The van der Waals surface area contributed by atoms with E-state index in [4.69, 9.17) is 14.0 Å². The van der Waals surface area contributed by atoms with E-state index in [1.807, 2.05) is 6.92 Å². The SMILES string of the molecule is CCCCCCCCCCCCCC(=O)OC[C@H](COP(=O)(O)C(CCO)CCCNNCC)OC(=O)CCCCCCCCCCCCC. The van der Waals surface area contributed by atoms with Gasteiger partial charge in [-0.1, -0.05) is 149 Å². The van der Waals surface area contributed by atoms with Crippen LogP contribution in [0.15, 0.2) is 0 Å². The van der Waals surface area contributed by atoms with Crippen molar-refractivity contribution in [1.82, 2.24) is 10.9 Å². The first-order chi connectivity index (χ1) is 24.3. The lowest BCUT2D eigenvalue weighted by atomic mass is 10.1. The molecule has 0 aliphatic heterocycles. The molecule has 0 rings (SSSR count). The summed E-state index contributed by atoms with van der Waals surface area (Å²) in [6, 6.07) is 0. The number of carbonyl (C=O) groups excluding carboxylic acids is 2. The van der Waals surface area contributed by atoms with E-state index in [2.05, 4.69) is 24.7 Å². The van der Waals surface area contributed by atoms with E-state index in [0.29, 0.717) is 25.8 Å². The van der Waals surface area contributed by atoms with E-state index in [1.165, 1.54) is 103 Å². The summed E-state index contributed by atoms with van der Waals surface area (Å²) in [6.07, 6.45) is 26.7. The number of rotatable bonds is 39. The van der Waals surface area contributed by atoms with Gasteiger partial charge in [-0.25, -0.2) is 0 Å². The molecule has 0 fully saturated rings. The average Bonchev–Trinajstić information content (AvgIpc) is 3.10. The van der Waals surface area contributed by atoms with E-state index in [9.17, 15) is 24.2 Å². The molecule has 3 atom stereocenters. The molecule has 0 aromatic rings. The molecular weight excluding hydrogens is 655 g/mol. The van der Waals surface area contributed by atoms with Crippen molar-refractivity contribution in [1.29, 1.82) is 0 Å². The van der Waals surface area contributed by atoms with Crippen molar-refractivity contribution in [3.05, 3.63) is 0 Å². The van der Waals surface area contributed by atoms with Crippen LogP contribution in [-0.4, -0.2) is 66.6 Å². The van der Waals surface area contributed by atoms with E-state index >= 15 is 0 Å². The zero-order valence-corrected chi connectivity index (χ0v) is 33.5. The second kappa shape index (κ2) is 36.3. The molecule has 0 aliphatic rings. The molecule has 0 radical (unpaired) electrons. The summed E-state index contributed by atoms with van der Waals surface area (Å²) in [5.74, 6) is -0.795. The Kier molecular flexibility index (Phi) is 35.6. The number of hydrogen-bond donors (Lipinski definition) is 4. The first-order valence-corrected chi connectivity index (χ1v) is 22.3. The van der Waals surface area contributed by atoms with Gasteiger partial charge in [0.2, 0.25) is 0 Å². The minimum Gasteiger partial charge on any atom is -0.462 e. The highest BCUT2D eigenvalue weighted by atomic mass is 31.2. The first kappa shape index (κ1) is 49.0. The highest BCUT2D eigenvalue weighted by Crippen LogP contribution is 2.50. The van der Waals surface area contributed by atoms with Gasteiger partial charge in [-0.3, -0.25) is 25.0 Å². The van der Waals surface area contributed by atoms with E-state index in [1.54, 1.807) is 0 Å². The summed E-state index contributed by atoms with van der Waals surface area (Å²) >= 11 is 0. The van der Waals surface area contributed by atoms with Gasteiger partial charge in [0.25, 0.3) is 0 Å². The van der Waals surface area contributed by atoms with Crippen molar-refractivity contribution in [2.45, 2.75) is 206 Å². The third-order valence-corrected chi connectivity index (χ3v) is 11.2. The molecule has 0 aromatic carbocycles. The molecule has 0 saturated heterocycles. The van der Waals surface area contributed by atoms with Gasteiger partial charge in [0.05, 0.1) is 12.3 Å². The number of aliphatic hydroxyl groups is 1. The lowest BCUT2D eigenvalue weighted by Gasteiger charge is -2.25. The number of hydrazine groups is 1. The van der Waals surface area contributed by atoms with E-state index < -0.39 is 25.3 Å². The van der Waals surface area contributed by atoms with Crippen molar-refractivity contribution < 1.29 is 38.2 Å². The lowest BCUT2D eigenvalue weighted by molar-refractivity contribution is -0.161. The number of ether oxygens (including phenoxy) is 2. The third-order valence-electron chi connectivity index (χ3n) is 9.21. The maximum Gasteiger partial charge on any atom is 0.331 e. The largest absolute Gasteiger partial charge is 0.462 e. The third kappa shape index (κ3) is 31.7. The van der Waals surface area contributed by atoms with Gasteiger partial charge in [-0.15, -0.1) is 0 Å². The van der Waals surface area contributed by atoms with Crippen LogP contribution in [0.1, 0.15) is 194 Å². The summed E-state index contributed by atoms with van der Waals surface area (Å²) in [4.78, 5) is 36.0. The number of hydrogen-bond acceptors (Lipinski definition) is 9. The lowest BCUT2D eigenvalue weighted by Crippen LogP contribution is -2.32. The fourth-order valence-electron chi connectivity index (χ4n) is 6.04. The molecule has 10 nitrogen and oxygen atoms in total. The summed E-state index contributed by atoms with van der Waals surface area (Å²) in [6.45, 7) is 6.96. The number of esters is 2. The highest BCUT2D eigenvalue weighted by Gasteiger charge is 2.33. The van der Waals surface area contributed by atoms with Gasteiger partial charge in [0.1, 0.15) is 6.61 Å². The average molecular weight is 735 g/mol. The van der Waals surface area contributed by atoms with Gasteiger partial charge < -0.3 is 24.0 Å². The molecule has 2 unspecified atom stereocenters. The smallest absolute Gasteiger partial charge is 0.331 e. The number of unbranched alkanes of at least 4 members (excludes halogenated alkanes) is 20. The summed E-state index contributed by atoms with van der Waals surface area (Å²) in [5.41, 5.74) is 5.27. The standard InChI is InChI=1S/C39H79N2O8P/c1-4-7-9-11-13-15-17-19-21-23-25-29-38(43)47-34-36(35-48-50(45,46)37(31-33-42)28-27-32-41-40-6-3)49-39(44)30-26-24-22-20-18-16-14-12-10-8-5-2/h36-37,40-42H,4-35H2,1-3H3,(H,45,46)/t36-,37?/m1/s1. The van der Waals surface area contributed by atoms with Crippen molar-refractivity contribution in [3.8, 4) is 0 Å². The van der Waals surface area contributed by atoms with Gasteiger partial charge >= 0.3 is 19.5 Å². The van der Waals surface area contributed by atoms with Crippen LogP contribution in [0.5, 0.6) is 0 Å². The second-order valence-electron chi connectivity index (χ2n) is 14.0. The Labute approximate surface area is 306 Å². The molecule has 0 heterocycles. The highest BCUT2D eigenvalue weighted by molar-refractivity contribution is 7.53. The Morgan fingerprint density at radius 2 is 1.06 bits per heavy atom. The Morgan fingerprint density at radius 1 is 0.600 bits per heavy atom. The Bertz CT molecular complexity index is 819. The Morgan fingerprint density at radius 3 is 1.52 bits per heavy atom. The fourth-order valence-corrected chi connectivity index (χ4v) is 7.58. The minimum atomic E-state index is -4.15. The molecule has 0 aromatic heterocycles. The van der Waals surface area contributed by atoms with E-state index in [0.717, 1.165) is 38.6 Å². The van der Waals surface area contributed by atoms with Gasteiger partial charge in [0, 0.05) is 32.5 Å². The van der Waals surface area contributed by atoms with E-state index in [-0.39, 0.29) is 45.1 Å². The zero-order valence-electron chi connectivity index (χ0n) is 32.6. The van der Waals surface area contributed by atoms with Crippen molar-refractivity contribution in [2.75, 3.05) is 32.9 Å². The Balaban J connectivity index is 4.73. The quantitative estimate of drug-likeness (QED) is 0.0209. The van der Waals surface area contributed by atoms with Crippen molar-refractivity contribution in [3.63, 3.8) is 0 Å². The molecule has 298 valence electrons. The van der Waals surface area contributed by atoms with Crippen molar-refractivity contribution in [2.24, 2.45) is 0 Å². The molecule has 0 amide bonds. The first-order valence-electron chi connectivity index (χ1n) is 20.7. The molecular formula is C39H79N2O8P. The topological polar surface area (TPSA) is 143 Å². The van der Waals surface area contributed by atoms with Gasteiger partial charge in [-0.2, -0.15) is 0 Å². The minimum absolute atomic E-state index is 0.117. The van der Waals surface area contributed by atoms with Crippen LogP contribution in [-0.2, 0) is 28.2 Å². The number of nitrogens with one attached hydrogen (secondary N) is 2. The van der Waals surface area contributed by atoms with Crippen LogP contribution < -0.4 is 10.9 Å². The molecule has 0 bridgehead atoms. The maximum atomic E-state index is 13.2. The summed E-state index contributed by atoms with van der Waals surface area (Å²) in [5, 5.41) is 9.52. The molecule has 11 heteroatoms. The maximum absolute atomic E-state index is 13.2. The monoisotopic (exact) mass is 735 g/mol. The summed E-state index contributed by atoms with van der Waals surface area (Å²) in [7, 11) is -4.15. The van der Waals surface area contributed by atoms with Crippen LogP contribution in [0.25, 0.3) is 0 Å². The molecule has 50 heavy (non-hydrogen) atoms. The van der Waals surface area contributed by atoms with Crippen LogP contribution in [0.2, 0.25) is 0 Å². The van der Waals surface area contributed by atoms with Crippen LogP contribution >= 0.6 is 7.60 Å². The second-order valence-corrected chi connectivity index (χ2v) is 16.1.